The molecule has 0 saturated carbocycles. The summed E-state index contributed by atoms with van der Waals surface area (Å²) >= 11 is 0.194. The monoisotopic (exact) mass is 591 g/mol. The zero-order valence-electron chi connectivity index (χ0n) is 23.4. The van der Waals surface area contributed by atoms with Crippen LogP contribution in [0.3, 0.4) is 0 Å². The Bertz CT molecular complexity index is 1350. The Kier molecular flexibility index (Phi) is 10.1. The van der Waals surface area contributed by atoms with Crippen molar-refractivity contribution in [3.63, 3.8) is 0 Å². The molecule has 1 heterocycles. The number of benzene rings is 3. The number of hydrogen-bond acceptors (Lipinski definition) is 2. The van der Waals surface area contributed by atoms with Gasteiger partial charge < -0.3 is 4.42 Å². The standard InChI is InChI=1S/C32H36N2O.2ClH.Fe/c1-21(33-27-19-13-11-17-25(27)31(3,4)5)29-23-15-9-10-16-24(23)30(35-29)22(2)34-28-20-14-12-18-26(28)32(6,7)8;;;/h9-20H,1-8H3;2*1H;/q;;;+2/p-1. The molecule has 0 aliphatic carbocycles. The zero-order valence-corrected chi connectivity index (χ0v) is 26.0. The molecule has 0 unspecified atom stereocenters. The predicted octanol–water partition coefficient (Wildman–Crippen LogP) is 10.8. The van der Waals surface area contributed by atoms with Gasteiger partial charge in [-0.1, -0.05) is 90.1 Å². The quantitative estimate of drug-likeness (QED) is 0.129. The summed E-state index contributed by atoms with van der Waals surface area (Å²) in [4.78, 5) is 10.1. The fraction of sp³-hybridized carbons (Fsp3) is 0.312. The first kappa shape index (κ1) is 30.2. The van der Waals surface area contributed by atoms with Crippen LogP contribution in [-0.4, -0.2) is 11.4 Å². The number of nitrogens with zero attached hydrogens (tertiary/aromatic N) is 2. The molecule has 3 aromatic carbocycles. The Morgan fingerprint density at radius 1 is 0.605 bits per heavy atom. The molecule has 4 rings (SSSR count). The van der Waals surface area contributed by atoms with E-state index < -0.39 is 0 Å². The van der Waals surface area contributed by atoms with Gasteiger partial charge in [-0.3, -0.25) is 0 Å². The van der Waals surface area contributed by atoms with E-state index >= 15 is 0 Å². The fourth-order valence-corrected chi connectivity index (χ4v) is 4.56. The van der Waals surface area contributed by atoms with E-state index in [1.54, 1.807) is 0 Å². The molecular formula is C32H37Cl2FeN2O+. The number of hydrogen-bond donors (Lipinski definition) is 0. The normalized spacial score (nSPS) is 13.0. The van der Waals surface area contributed by atoms with Crippen LogP contribution in [0.5, 0.6) is 0 Å². The van der Waals surface area contributed by atoms with E-state index in [0.29, 0.717) is 0 Å². The van der Waals surface area contributed by atoms with Gasteiger partial charge in [0.25, 0.3) is 11.5 Å². The third-order valence-electron chi connectivity index (χ3n) is 6.35. The van der Waals surface area contributed by atoms with Gasteiger partial charge in [-0.05, 0) is 60.1 Å². The van der Waals surface area contributed by atoms with Crippen LogP contribution < -0.4 is 0 Å². The molecule has 1 N–H and O–H groups in total. The number of halogens is 2. The summed E-state index contributed by atoms with van der Waals surface area (Å²) < 4.78 is 5.10. The average molecular weight is 592 g/mol. The Morgan fingerprint density at radius 3 is 1.26 bits per heavy atom. The summed E-state index contributed by atoms with van der Waals surface area (Å²) in [5, 5.41) is 2.21. The second-order valence-corrected chi connectivity index (χ2v) is 13.2. The molecule has 0 fully saturated rings. The van der Waals surface area contributed by atoms with Crippen LogP contribution in [0.1, 0.15) is 78.0 Å². The van der Waals surface area contributed by atoms with Crippen molar-refractivity contribution in [1.29, 1.82) is 0 Å². The van der Waals surface area contributed by atoms with Crippen molar-refractivity contribution in [1.82, 2.24) is 0 Å². The van der Waals surface area contributed by atoms with Gasteiger partial charge in [-0.2, -0.15) is 0 Å². The van der Waals surface area contributed by atoms with Gasteiger partial charge in [-0.25, -0.2) is 9.98 Å². The molecule has 0 spiro atoms. The van der Waals surface area contributed by atoms with Gasteiger partial charge in [0, 0.05) is 0 Å². The molecule has 0 saturated heterocycles. The molecule has 4 aromatic rings. The molecule has 1 aromatic heterocycles. The van der Waals surface area contributed by atoms with E-state index in [-0.39, 0.29) is 24.0 Å². The van der Waals surface area contributed by atoms with Crippen molar-refractivity contribution in [2.24, 2.45) is 9.98 Å². The fourth-order valence-electron chi connectivity index (χ4n) is 4.56. The van der Waals surface area contributed by atoms with Crippen LogP contribution in [0.25, 0.3) is 10.8 Å². The Hall–Kier alpha value is -2.36. The molecule has 0 aliphatic rings. The number of aliphatic imine (C=N–C) groups is 2. The maximum absolute atomic E-state index is 5.10. The number of para-hydroxylation sites is 2. The Morgan fingerprint density at radius 2 is 0.921 bits per heavy atom. The molecule has 0 radical (unpaired) electrons. The maximum atomic E-state index is 5.10. The van der Waals surface area contributed by atoms with Gasteiger partial charge in [0.15, 0.2) is 0 Å². The first-order chi connectivity index (χ1) is 17.9. The van der Waals surface area contributed by atoms with Gasteiger partial charge in [0.2, 0.25) is 0 Å². The molecule has 0 aliphatic heterocycles. The number of fused-ring (bicyclic) bond motifs is 1. The van der Waals surface area contributed by atoms with Crippen molar-refractivity contribution >= 4 is 53.8 Å². The van der Waals surface area contributed by atoms with Crippen molar-refractivity contribution in [2.45, 2.75) is 66.2 Å². The molecule has 38 heavy (non-hydrogen) atoms. The van der Waals surface area contributed by atoms with Crippen molar-refractivity contribution in [2.75, 3.05) is 0 Å². The van der Waals surface area contributed by atoms with Crippen LogP contribution in [0.4, 0.5) is 11.4 Å². The number of furan rings is 1. The minimum absolute atomic E-state index is 0.0107. The van der Waals surface area contributed by atoms with Crippen LogP contribution in [0, 0.1) is 0 Å². The molecule has 202 valence electrons. The van der Waals surface area contributed by atoms with Gasteiger partial charge in [-0.15, -0.1) is 0 Å². The average Bonchev–Trinajstić information content (AvgIpc) is 3.24. The SMILES string of the molecule is CC(=Nc1ccccc1C(C)(C)C)c1[oH+]c(C(C)=Nc2ccccc2C(C)(C)C)c2ccccc12.[Cl][Fe][Cl]. The molecular weight excluding hydrogens is 555 g/mol. The Balaban J connectivity index is 0.00000127. The van der Waals surface area contributed by atoms with Gasteiger partial charge in [0.05, 0.1) is 22.1 Å². The van der Waals surface area contributed by atoms with Gasteiger partial charge in [0.1, 0.15) is 11.4 Å². The Labute approximate surface area is 242 Å². The molecule has 0 amide bonds. The third kappa shape index (κ3) is 7.18. The minimum atomic E-state index is 0.0107. The molecule has 0 atom stereocenters. The summed E-state index contributed by atoms with van der Waals surface area (Å²) in [6.07, 6.45) is 0. The predicted molar refractivity (Wildman–Crippen MR) is 163 cm³/mol. The summed E-state index contributed by atoms with van der Waals surface area (Å²) in [6, 6.07) is 25.2. The van der Waals surface area contributed by atoms with Crippen LogP contribution >= 0.6 is 20.2 Å². The third-order valence-corrected chi connectivity index (χ3v) is 6.35. The van der Waals surface area contributed by atoms with Crippen molar-refractivity contribution in [3.05, 3.63) is 95.4 Å². The molecule has 0 bridgehead atoms. The van der Waals surface area contributed by atoms with Crippen molar-refractivity contribution in [3.8, 4) is 0 Å². The summed E-state index contributed by atoms with van der Waals surface area (Å²) in [5.41, 5.74) is 6.29. The van der Waals surface area contributed by atoms with E-state index in [9.17, 15) is 0 Å². The summed E-state index contributed by atoms with van der Waals surface area (Å²) in [7, 11) is 9.53. The first-order valence-corrected chi connectivity index (χ1v) is 15.6. The molecule has 6 heteroatoms. The topological polar surface area (TPSA) is 37.5 Å². The van der Waals surface area contributed by atoms with Crippen molar-refractivity contribution < 1.29 is 17.6 Å². The molecule has 3 nitrogen and oxygen atoms in total. The van der Waals surface area contributed by atoms with E-state index in [4.69, 9.17) is 34.6 Å². The number of rotatable bonds is 4. The van der Waals surface area contributed by atoms with Crippen LogP contribution in [0.15, 0.2) is 87.2 Å². The zero-order chi connectivity index (χ0) is 28.1. The second-order valence-electron chi connectivity index (χ2n) is 11.3. The van der Waals surface area contributed by atoms with E-state index in [1.807, 2.05) is 12.1 Å². The van der Waals surface area contributed by atoms with Gasteiger partial charge >= 0.3 is 33.3 Å². The first-order valence-electron chi connectivity index (χ1n) is 12.6. The second kappa shape index (κ2) is 12.7. The van der Waals surface area contributed by atoms with E-state index in [2.05, 4.69) is 116 Å². The van der Waals surface area contributed by atoms with E-state index in [1.165, 1.54) is 11.1 Å². The van der Waals surface area contributed by atoms with E-state index in [0.717, 1.165) is 45.1 Å². The summed E-state index contributed by atoms with van der Waals surface area (Å²) in [5.74, 6) is 1.83. The van der Waals surface area contributed by atoms with Crippen LogP contribution in [-0.2, 0) is 24.0 Å². The summed E-state index contributed by atoms with van der Waals surface area (Å²) in [6.45, 7) is 17.4. The van der Waals surface area contributed by atoms with Crippen LogP contribution in [0.2, 0.25) is 0 Å².